The van der Waals surface area contributed by atoms with E-state index in [1.54, 1.807) is 47.8 Å². The zero-order valence-electron chi connectivity index (χ0n) is 24.4. The molecular weight excluding hydrogens is 566 g/mol. The molecule has 0 saturated carbocycles. The third-order valence-corrected chi connectivity index (χ3v) is 7.64. The Bertz CT molecular complexity index is 1620. The van der Waals surface area contributed by atoms with Crippen LogP contribution in [-0.2, 0) is 16.6 Å². The van der Waals surface area contributed by atoms with Gasteiger partial charge in [0.1, 0.15) is 11.6 Å². The maximum Gasteiger partial charge on any atom is 0.327 e. The van der Waals surface area contributed by atoms with E-state index in [-0.39, 0.29) is 12.1 Å². The Morgan fingerprint density at radius 3 is 2.26 bits per heavy atom. The Labute approximate surface area is 252 Å². The highest BCUT2D eigenvalue weighted by Gasteiger charge is 2.30. The standard InChI is InChI=1S/C31H35N7O4S/c1-22-4-12-29(33-18-22)38(31(39)35-26-7-5-23(2)32-20-26)27-14-16-37(17-15-27)21-24-6-13-30(34-19-24)42-28-10-8-25(9-11-28)36-43(3,40)41/h4-13,18-20,27,36H,14-17,21H2,1-3H3,(H,35,39). The van der Waals surface area contributed by atoms with Crippen LogP contribution in [0.4, 0.5) is 22.0 Å². The number of carbonyl (C=O) groups is 1. The fourth-order valence-electron chi connectivity index (χ4n) is 4.87. The third kappa shape index (κ3) is 8.49. The molecule has 2 N–H and O–H groups in total. The van der Waals surface area contributed by atoms with Gasteiger partial charge in [-0.25, -0.2) is 23.2 Å². The van der Waals surface area contributed by atoms with Crippen molar-refractivity contribution in [3.63, 3.8) is 0 Å². The minimum absolute atomic E-state index is 0.00205. The zero-order valence-corrected chi connectivity index (χ0v) is 25.2. The van der Waals surface area contributed by atoms with E-state index in [9.17, 15) is 13.2 Å². The van der Waals surface area contributed by atoms with E-state index in [2.05, 4.69) is 29.9 Å². The van der Waals surface area contributed by atoms with Crippen molar-refractivity contribution < 1.29 is 17.9 Å². The van der Waals surface area contributed by atoms with Crippen molar-refractivity contribution in [2.24, 2.45) is 0 Å². The molecule has 12 heteroatoms. The van der Waals surface area contributed by atoms with Crippen LogP contribution < -0.4 is 19.7 Å². The number of nitrogens with one attached hydrogen (secondary N) is 2. The van der Waals surface area contributed by atoms with Gasteiger partial charge in [-0.05, 0) is 80.3 Å². The predicted molar refractivity (Wildman–Crippen MR) is 167 cm³/mol. The highest BCUT2D eigenvalue weighted by Crippen LogP contribution is 2.26. The van der Waals surface area contributed by atoms with Crippen molar-refractivity contribution in [3.05, 3.63) is 96.1 Å². The van der Waals surface area contributed by atoms with Gasteiger partial charge in [-0.1, -0.05) is 12.1 Å². The number of nitrogens with zero attached hydrogens (tertiary/aromatic N) is 5. The fourth-order valence-corrected chi connectivity index (χ4v) is 5.43. The number of anilines is 3. The lowest BCUT2D eigenvalue weighted by atomic mass is 10.0. The van der Waals surface area contributed by atoms with Gasteiger partial charge in [0, 0.05) is 55.5 Å². The van der Waals surface area contributed by atoms with E-state index in [1.165, 1.54) is 0 Å². The predicted octanol–water partition coefficient (Wildman–Crippen LogP) is 5.36. The summed E-state index contributed by atoms with van der Waals surface area (Å²) in [5.74, 6) is 1.63. The van der Waals surface area contributed by atoms with Crippen LogP contribution >= 0.6 is 0 Å². The Hall–Kier alpha value is -4.55. The molecule has 11 nitrogen and oxygen atoms in total. The number of amides is 2. The molecule has 1 aromatic carbocycles. The van der Waals surface area contributed by atoms with Crippen molar-refractivity contribution >= 4 is 33.2 Å². The molecule has 5 rings (SSSR count). The number of pyridine rings is 3. The van der Waals surface area contributed by atoms with Gasteiger partial charge in [0.25, 0.3) is 0 Å². The van der Waals surface area contributed by atoms with Crippen molar-refractivity contribution in [3.8, 4) is 11.6 Å². The van der Waals surface area contributed by atoms with Gasteiger partial charge in [0.2, 0.25) is 15.9 Å². The molecule has 224 valence electrons. The molecule has 1 saturated heterocycles. The molecule has 0 aliphatic carbocycles. The van der Waals surface area contributed by atoms with Crippen LogP contribution in [0.5, 0.6) is 11.6 Å². The summed E-state index contributed by atoms with van der Waals surface area (Å²) in [7, 11) is -3.34. The lowest BCUT2D eigenvalue weighted by Crippen LogP contribution is -2.49. The lowest BCUT2D eigenvalue weighted by molar-refractivity contribution is 0.199. The number of ether oxygens (including phenoxy) is 1. The monoisotopic (exact) mass is 601 g/mol. The van der Waals surface area contributed by atoms with E-state index in [0.29, 0.717) is 28.8 Å². The molecule has 43 heavy (non-hydrogen) atoms. The summed E-state index contributed by atoms with van der Waals surface area (Å²) in [4.78, 5) is 30.9. The first-order valence-electron chi connectivity index (χ1n) is 14.0. The molecule has 0 unspecified atom stereocenters. The van der Waals surface area contributed by atoms with Crippen molar-refractivity contribution in [2.75, 3.05) is 34.3 Å². The van der Waals surface area contributed by atoms with Gasteiger partial charge in [-0.15, -0.1) is 0 Å². The molecule has 2 amide bonds. The van der Waals surface area contributed by atoms with Crippen LogP contribution in [0.2, 0.25) is 0 Å². The number of hydrogen-bond donors (Lipinski definition) is 2. The van der Waals surface area contributed by atoms with Crippen molar-refractivity contribution in [1.29, 1.82) is 0 Å². The smallest absolute Gasteiger partial charge is 0.327 e. The minimum Gasteiger partial charge on any atom is -0.439 e. The first-order chi connectivity index (χ1) is 20.6. The van der Waals surface area contributed by atoms with E-state index >= 15 is 0 Å². The molecule has 1 fully saturated rings. The number of urea groups is 1. The second kappa shape index (κ2) is 13.2. The molecule has 3 aromatic heterocycles. The summed E-state index contributed by atoms with van der Waals surface area (Å²) in [6, 6.07) is 17.8. The summed E-state index contributed by atoms with van der Waals surface area (Å²) >= 11 is 0. The van der Waals surface area contributed by atoms with E-state index in [4.69, 9.17) is 4.74 Å². The second-order valence-corrected chi connectivity index (χ2v) is 12.4. The van der Waals surface area contributed by atoms with Gasteiger partial charge in [-0.3, -0.25) is 19.5 Å². The Morgan fingerprint density at radius 1 is 0.907 bits per heavy atom. The molecule has 1 aliphatic rings. The Kier molecular flexibility index (Phi) is 9.17. The van der Waals surface area contributed by atoms with Gasteiger partial charge in [0.05, 0.1) is 18.1 Å². The van der Waals surface area contributed by atoms with Crippen molar-refractivity contribution in [1.82, 2.24) is 19.9 Å². The Balaban J connectivity index is 1.17. The molecule has 4 aromatic rings. The molecule has 4 heterocycles. The van der Waals surface area contributed by atoms with Gasteiger partial charge >= 0.3 is 6.03 Å². The molecule has 0 spiro atoms. The number of aryl methyl sites for hydroxylation is 2. The third-order valence-electron chi connectivity index (χ3n) is 7.03. The highest BCUT2D eigenvalue weighted by atomic mass is 32.2. The SMILES string of the molecule is Cc1ccc(N(C(=O)Nc2ccc(C)nc2)C2CCN(Cc3ccc(Oc4ccc(NS(C)(=O)=O)cc4)nc3)CC2)nc1. The second-order valence-electron chi connectivity index (χ2n) is 10.7. The van der Waals surface area contributed by atoms with Crippen LogP contribution in [0.15, 0.2) is 79.3 Å². The number of piperidine rings is 1. The molecule has 0 bridgehead atoms. The quantitative estimate of drug-likeness (QED) is 0.263. The summed E-state index contributed by atoms with van der Waals surface area (Å²) in [5.41, 5.74) is 4.08. The molecular formula is C31H35N7O4S. The van der Waals surface area contributed by atoms with Gasteiger partial charge in [-0.2, -0.15) is 0 Å². The number of sulfonamides is 1. The number of benzene rings is 1. The number of likely N-dealkylation sites (tertiary alicyclic amines) is 1. The van der Waals surface area contributed by atoms with Crippen LogP contribution in [-0.4, -0.2) is 59.7 Å². The van der Waals surface area contributed by atoms with E-state index in [1.807, 2.05) is 50.2 Å². The van der Waals surface area contributed by atoms with Crippen LogP contribution in [0.3, 0.4) is 0 Å². The van der Waals surface area contributed by atoms with Crippen LogP contribution in [0.1, 0.15) is 29.7 Å². The number of rotatable bonds is 9. The summed E-state index contributed by atoms with van der Waals surface area (Å²) in [5, 5.41) is 2.99. The molecule has 0 radical (unpaired) electrons. The number of carbonyl (C=O) groups excluding carboxylic acids is 1. The first kappa shape index (κ1) is 29.9. The van der Waals surface area contributed by atoms with E-state index in [0.717, 1.165) is 55.6 Å². The lowest BCUT2D eigenvalue weighted by Gasteiger charge is -2.38. The number of aromatic nitrogens is 3. The normalized spacial score (nSPS) is 14.2. The first-order valence-corrected chi connectivity index (χ1v) is 15.9. The summed E-state index contributed by atoms with van der Waals surface area (Å²) in [6.45, 7) is 6.25. The highest BCUT2D eigenvalue weighted by molar-refractivity contribution is 7.92. The van der Waals surface area contributed by atoms with Crippen LogP contribution in [0.25, 0.3) is 0 Å². The number of hydrogen-bond acceptors (Lipinski definition) is 8. The van der Waals surface area contributed by atoms with Crippen LogP contribution in [0, 0.1) is 13.8 Å². The zero-order chi connectivity index (χ0) is 30.4. The summed E-state index contributed by atoms with van der Waals surface area (Å²) < 4.78 is 31.0. The van der Waals surface area contributed by atoms with Crippen molar-refractivity contribution in [2.45, 2.75) is 39.3 Å². The molecule has 0 atom stereocenters. The largest absolute Gasteiger partial charge is 0.439 e. The maximum atomic E-state index is 13.5. The Morgan fingerprint density at radius 2 is 1.65 bits per heavy atom. The minimum atomic E-state index is -3.34. The topological polar surface area (TPSA) is 130 Å². The van der Waals surface area contributed by atoms with E-state index < -0.39 is 10.0 Å². The molecule has 1 aliphatic heterocycles. The summed E-state index contributed by atoms with van der Waals surface area (Å²) in [6.07, 6.45) is 7.95. The maximum absolute atomic E-state index is 13.5. The fraction of sp³-hybridized carbons (Fsp3) is 0.290. The van der Waals surface area contributed by atoms with Gasteiger partial charge in [0.15, 0.2) is 0 Å². The van der Waals surface area contributed by atoms with Gasteiger partial charge < -0.3 is 10.1 Å². The average molecular weight is 602 g/mol. The average Bonchev–Trinajstić information content (AvgIpc) is 2.98.